The number of fused-ring (bicyclic) bond motifs is 3. The summed E-state index contributed by atoms with van der Waals surface area (Å²) in [6.07, 6.45) is -7.92. The van der Waals surface area contributed by atoms with E-state index in [1.807, 2.05) is 0 Å². The number of rotatable bonds is 3. The van der Waals surface area contributed by atoms with Gasteiger partial charge in [0, 0.05) is 23.7 Å². The zero-order valence-corrected chi connectivity index (χ0v) is 17.5. The Morgan fingerprint density at radius 3 is 2.20 bits per heavy atom. The predicted molar refractivity (Wildman–Crippen MR) is 115 cm³/mol. The van der Waals surface area contributed by atoms with Crippen molar-refractivity contribution in [1.29, 1.82) is 0 Å². The molecule has 186 valence electrons. The standard InChI is InChI=1S/C19H16F3N5O.C2HF3O2/c20-19(21,22)13-4-2-1-3-10(13)12-9-14-15(17(23)26-18(24)25-14)11-5-6-27(7-8-28)16(11)12;3-2(4,5)1(6)7/h1-6,9,28H,7-8H2,(H4,23,24,25,26);(H,6,7). The van der Waals surface area contributed by atoms with E-state index < -0.39 is 23.9 Å². The minimum Gasteiger partial charge on any atom is -0.475 e. The summed E-state index contributed by atoms with van der Waals surface area (Å²) in [5.74, 6) is -2.67. The van der Waals surface area contributed by atoms with Gasteiger partial charge in [0.15, 0.2) is 0 Å². The molecule has 0 unspecified atom stereocenters. The summed E-state index contributed by atoms with van der Waals surface area (Å²) < 4.78 is 74.3. The summed E-state index contributed by atoms with van der Waals surface area (Å²) in [6, 6.07) is 8.59. The Bertz CT molecular complexity index is 1400. The van der Waals surface area contributed by atoms with Gasteiger partial charge in [-0.1, -0.05) is 18.2 Å². The molecule has 0 radical (unpaired) electrons. The van der Waals surface area contributed by atoms with E-state index >= 15 is 0 Å². The molecule has 6 N–H and O–H groups in total. The molecule has 8 nitrogen and oxygen atoms in total. The third-order valence-corrected chi connectivity index (χ3v) is 4.86. The average Bonchev–Trinajstić information content (AvgIpc) is 3.15. The first kappa shape index (κ1) is 25.6. The van der Waals surface area contributed by atoms with E-state index in [0.29, 0.717) is 27.4 Å². The number of aliphatic carboxylic acids is 1. The largest absolute Gasteiger partial charge is 0.490 e. The van der Waals surface area contributed by atoms with Crippen molar-refractivity contribution in [2.24, 2.45) is 0 Å². The number of alkyl halides is 6. The zero-order chi connectivity index (χ0) is 26.1. The van der Waals surface area contributed by atoms with Gasteiger partial charge >= 0.3 is 18.3 Å². The highest BCUT2D eigenvalue weighted by Crippen LogP contribution is 2.42. The van der Waals surface area contributed by atoms with Gasteiger partial charge in [-0.15, -0.1) is 0 Å². The molecule has 0 aliphatic heterocycles. The van der Waals surface area contributed by atoms with Crippen LogP contribution in [0.15, 0.2) is 42.6 Å². The fourth-order valence-electron chi connectivity index (χ4n) is 3.54. The topological polar surface area (TPSA) is 140 Å². The maximum absolute atomic E-state index is 13.6. The highest BCUT2D eigenvalue weighted by atomic mass is 19.4. The lowest BCUT2D eigenvalue weighted by atomic mass is 9.95. The number of halogens is 6. The quantitative estimate of drug-likeness (QED) is 0.310. The number of nitrogen functional groups attached to an aromatic ring is 2. The van der Waals surface area contributed by atoms with Crippen LogP contribution >= 0.6 is 0 Å². The van der Waals surface area contributed by atoms with Gasteiger partial charge in [-0.3, -0.25) is 0 Å². The molecule has 35 heavy (non-hydrogen) atoms. The Morgan fingerprint density at radius 2 is 1.63 bits per heavy atom. The molecule has 2 aromatic carbocycles. The highest BCUT2D eigenvalue weighted by molar-refractivity contribution is 6.15. The Balaban J connectivity index is 0.000000429. The first-order valence-corrected chi connectivity index (χ1v) is 9.67. The number of anilines is 2. The molecule has 4 aromatic rings. The van der Waals surface area contributed by atoms with Gasteiger partial charge in [0.2, 0.25) is 5.95 Å². The van der Waals surface area contributed by atoms with Gasteiger partial charge in [0.05, 0.1) is 28.6 Å². The van der Waals surface area contributed by atoms with Crippen LogP contribution in [0.5, 0.6) is 0 Å². The monoisotopic (exact) mass is 501 g/mol. The molecule has 0 fully saturated rings. The summed E-state index contributed by atoms with van der Waals surface area (Å²) in [7, 11) is 0. The molecule has 0 spiro atoms. The van der Waals surface area contributed by atoms with Gasteiger partial charge in [-0.05, 0) is 23.8 Å². The molecule has 14 heteroatoms. The van der Waals surface area contributed by atoms with Gasteiger partial charge in [0.25, 0.3) is 0 Å². The maximum Gasteiger partial charge on any atom is 0.490 e. The van der Waals surface area contributed by atoms with Crippen LogP contribution < -0.4 is 11.5 Å². The number of carboxylic acid groups (broad SMARTS) is 1. The Kier molecular flexibility index (Phi) is 6.78. The van der Waals surface area contributed by atoms with Crippen molar-refractivity contribution in [2.45, 2.75) is 18.9 Å². The molecule has 0 aliphatic carbocycles. The molecule has 4 rings (SSSR count). The van der Waals surface area contributed by atoms with Crippen LogP contribution in [-0.4, -0.2) is 43.5 Å². The van der Waals surface area contributed by atoms with E-state index in [2.05, 4.69) is 9.97 Å². The van der Waals surface area contributed by atoms with Crippen LogP contribution in [0.2, 0.25) is 0 Å². The number of hydrogen-bond acceptors (Lipinski definition) is 6. The fourth-order valence-corrected chi connectivity index (χ4v) is 3.54. The minimum absolute atomic E-state index is 0.00976. The molecule has 0 amide bonds. The molecular formula is C21H17F6N5O3. The first-order valence-electron chi connectivity index (χ1n) is 9.67. The van der Waals surface area contributed by atoms with Crippen LogP contribution in [0.1, 0.15) is 5.56 Å². The summed E-state index contributed by atoms with van der Waals surface area (Å²) >= 11 is 0. The molecule has 2 aromatic heterocycles. The number of nitrogens with zero attached hydrogens (tertiary/aromatic N) is 3. The minimum atomic E-state index is -5.08. The molecule has 2 heterocycles. The summed E-state index contributed by atoms with van der Waals surface area (Å²) in [6.45, 7) is 0.0435. The van der Waals surface area contributed by atoms with Crippen LogP contribution in [0.3, 0.4) is 0 Å². The van der Waals surface area contributed by atoms with Gasteiger partial charge in [-0.2, -0.15) is 31.3 Å². The molecule has 0 saturated heterocycles. The van der Waals surface area contributed by atoms with Crippen molar-refractivity contribution in [3.8, 4) is 11.1 Å². The van der Waals surface area contributed by atoms with Gasteiger partial charge in [0.1, 0.15) is 5.82 Å². The maximum atomic E-state index is 13.6. The first-order chi connectivity index (χ1) is 16.3. The second-order valence-electron chi connectivity index (χ2n) is 7.13. The number of aliphatic hydroxyl groups is 1. The average molecular weight is 501 g/mol. The van der Waals surface area contributed by atoms with Crippen molar-refractivity contribution in [3.05, 3.63) is 48.2 Å². The van der Waals surface area contributed by atoms with Crippen LogP contribution in [0, 0.1) is 0 Å². The van der Waals surface area contributed by atoms with Gasteiger partial charge in [-0.25, -0.2) is 9.78 Å². The number of benzene rings is 2. The lowest BCUT2D eigenvalue weighted by molar-refractivity contribution is -0.192. The fraction of sp³-hybridized carbons (Fsp3) is 0.190. The zero-order valence-electron chi connectivity index (χ0n) is 17.5. The Morgan fingerprint density at radius 1 is 1.00 bits per heavy atom. The molecule has 0 bridgehead atoms. The van der Waals surface area contributed by atoms with Crippen molar-refractivity contribution in [2.75, 3.05) is 18.1 Å². The van der Waals surface area contributed by atoms with Crippen LogP contribution in [-0.2, 0) is 17.5 Å². The molecule has 0 saturated carbocycles. The van der Waals surface area contributed by atoms with Crippen molar-refractivity contribution in [3.63, 3.8) is 0 Å². The lowest BCUT2D eigenvalue weighted by Crippen LogP contribution is -2.21. The number of carboxylic acids is 1. The van der Waals surface area contributed by atoms with Crippen molar-refractivity contribution >= 4 is 39.5 Å². The summed E-state index contributed by atoms with van der Waals surface area (Å²) in [5.41, 5.74) is 12.2. The normalized spacial score (nSPS) is 12.0. The van der Waals surface area contributed by atoms with E-state index in [4.69, 9.17) is 21.4 Å². The van der Waals surface area contributed by atoms with E-state index in [0.717, 1.165) is 6.07 Å². The van der Waals surface area contributed by atoms with E-state index in [1.165, 1.54) is 18.2 Å². The van der Waals surface area contributed by atoms with Gasteiger partial charge < -0.3 is 26.2 Å². The van der Waals surface area contributed by atoms with Crippen molar-refractivity contribution < 1.29 is 41.4 Å². The van der Waals surface area contributed by atoms with Crippen LogP contribution in [0.25, 0.3) is 32.9 Å². The number of aromatic nitrogens is 3. The molecule has 0 aliphatic rings. The third kappa shape index (κ3) is 5.21. The molecular weight excluding hydrogens is 484 g/mol. The second-order valence-corrected chi connectivity index (χ2v) is 7.13. The predicted octanol–water partition coefficient (Wildman–Crippen LogP) is 4.06. The van der Waals surface area contributed by atoms with Crippen LogP contribution in [0.4, 0.5) is 38.1 Å². The number of carbonyl (C=O) groups is 1. The lowest BCUT2D eigenvalue weighted by Gasteiger charge is -2.16. The summed E-state index contributed by atoms with van der Waals surface area (Å²) in [5, 5.41) is 17.6. The number of aliphatic hydroxyl groups excluding tert-OH is 1. The number of hydrogen-bond donors (Lipinski definition) is 4. The van der Waals surface area contributed by atoms with E-state index in [-0.39, 0.29) is 30.5 Å². The van der Waals surface area contributed by atoms with E-state index in [9.17, 15) is 31.4 Å². The second kappa shape index (κ2) is 9.29. The number of nitrogens with two attached hydrogens (primary N) is 2. The van der Waals surface area contributed by atoms with Crippen molar-refractivity contribution in [1.82, 2.24) is 14.5 Å². The smallest absolute Gasteiger partial charge is 0.475 e. The molecule has 0 atom stereocenters. The Labute approximate surface area is 192 Å². The summed E-state index contributed by atoms with van der Waals surface area (Å²) in [4.78, 5) is 17.0. The highest BCUT2D eigenvalue weighted by Gasteiger charge is 2.38. The Hall–Kier alpha value is -4.07. The third-order valence-electron chi connectivity index (χ3n) is 4.86. The van der Waals surface area contributed by atoms with E-state index in [1.54, 1.807) is 22.9 Å². The SMILES string of the molecule is Nc1nc(N)c2c(cc(-c3ccccc3C(F)(F)F)c3c2ccn3CCO)n1.O=C(O)C(F)(F)F.